The maximum atomic E-state index is 12.5. The summed E-state index contributed by atoms with van der Waals surface area (Å²) in [7, 11) is 5.48. The predicted molar refractivity (Wildman–Crippen MR) is 183 cm³/mol. The molecule has 45 heavy (non-hydrogen) atoms. The van der Waals surface area contributed by atoms with Gasteiger partial charge < -0.3 is 23.8 Å². The average Bonchev–Trinajstić information content (AvgIpc) is 2.98. The highest BCUT2D eigenvalue weighted by atomic mass is 16.6. The van der Waals surface area contributed by atoms with E-state index in [0.29, 0.717) is 19.3 Å². The van der Waals surface area contributed by atoms with Crippen molar-refractivity contribution in [3.05, 3.63) is 36.5 Å². The summed E-state index contributed by atoms with van der Waals surface area (Å²) in [6, 6.07) is -0.624. The van der Waals surface area contributed by atoms with Gasteiger partial charge in [0, 0.05) is 19.3 Å². The van der Waals surface area contributed by atoms with E-state index in [0.717, 1.165) is 25.7 Å². The number of hydrogen-bond donors (Lipinski definition) is 1. The van der Waals surface area contributed by atoms with Crippen LogP contribution in [0.5, 0.6) is 0 Å². The number of esters is 2. The maximum Gasteiger partial charge on any atom is 0.362 e. The molecule has 8 nitrogen and oxygen atoms in total. The van der Waals surface area contributed by atoms with E-state index in [1.54, 1.807) is 0 Å². The molecule has 0 bridgehead atoms. The lowest BCUT2D eigenvalue weighted by Gasteiger charge is -2.31. The molecule has 2 unspecified atom stereocenters. The highest BCUT2D eigenvalue weighted by molar-refractivity contribution is 5.72. The quantitative estimate of drug-likeness (QED) is 0.0366. The van der Waals surface area contributed by atoms with Gasteiger partial charge in [0.1, 0.15) is 6.61 Å². The summed E-state index contributed by atoms with van der Waals surface area (Å²) >= 11 is 0. The van der Waals surface area contributed by atoms with E-state index in [9.17, 15) is 19.5 Å². The maximum absolute atomic E-state index is 12.5. The summed E-state index contributed by atoms with van der Waals surface area (Å²) in [5.74, 6) is -1.63. The minimum Gasteiger partial charge on any atom is -0.477 e. The number of rotatable bonds is 30. The van der Waals surface area contributed by atoms with Crippen molar-refractivity contribution >= 4 is 17.9 Å². The summed E-state index contributed by atoms with van der Waals surface area (Å²) in [5, 5.41) is 9.54. The molecule has 0 heterocycles. The third-order valence-corrected chi connectivity index (χ3v) is 7.54. The Balaban J connectivity index is 4.57. The monoisotopic (exact) mass is 636 g/mol. The predicted octanol–water partition coefficient (Wildman–Crippen LogP) is 8.35. The Morgan fingerprint density at radius 2 is 1.18 bits per heavy atom. The first-order valence-electron chi connectivity index (χ1n) is 17.5. The fourth-order valence-electron chi connectivity index (χ4n) is 4.75. The molecule has 0 saturated carbocycles. The topological polar surface area (TPSA) is 99.1 Å². The number of carboxylic acids is 1. The molecule has 2 atom stereocenters. The first-order chi connectivity index (χ1) is 21.6. The Morgan fingerprint density at radius 3 is 1.78 bits per heavy atom. The first kappa shape index (κ1) is 42.6. The molecule has 0 radical (unpaired) electrons. The second-order valence-corrected chi connectivity index (χ2v) is 12.8. The van der Waals surface area contributed by atoms with Gasteiger partial charge in [-0.05, 0) is 44.9 Å². The van der Waals surface area contributed by atoms with Crippen LogP contribution in [0.4, 0.5) is 0 Å². The van der Waals surface area contributed by atoms with Gasteiger partial charge in [0.15, 0.2) is 12.1 Å². The zero-order valence-electron chi connectivity index (χ0n) is 29.3. The molecule has 0 aliphatic carbocycles. The summed E-state index contributed by atoms with van der Waals surface area (Å²) < 4.78 is 17.0. The van der Waals surface area contributed by atoms with Gasteiger partial charge in [0.2, 0.25) is 0 Å². The van der Waals surface area contributed by atoms with Crippen LogP contribution in [0.25, 0.3) is 0 Å². The van der Waals surface area contributed by atoms with Crippen LogP contribution in [0.2, 0.25) is 0 Å². The Kier molecular flexibility index (Phi) is 27.4. The minimum absolute atomic E-state index is 0.0285. The van der Waals surface area contributed by atoms with Crippen molar-refractivity contribution < 1.29 is 38.2 Å². The number of carboxylic acid groups (broad SMARTS) is 1. The number of allylic oxidation sites excluding steroid dienone is 6. The smallest absolute Gasteiger partial charge is 0.362 e. The molecule has 260 valence electrons. The molecule has 0 aliphatic rings. The lowest BCUT2D eigenvalue weighted by Crippen LogP contribution is -2.50. The van der Waals surface area contributed by atoms with Gasteiger partial charge in [-0.2, -0.15) is 0 Å². The zero-order chi connectivity index (χ0) is 33.6. The van der Waals surface area contributed by atoms with Crippen LogP contribution in [0, 0.1) is 0 Å². The van der Waals surface area contributed by atoms with Crippen molar-refractivity contribution in [1.29, 1.82) is 0 Å². The SMILES string of the molecule is CCCCCC/C=C/CCC(=O)OC(COCCC(C(=O)O)[N+](C)(C)C)COC(=O)CC/C=C/C/C=C/CCCCCCCC. The lowest BCUT2D eigenvalue weighted by molar-refractivity contribution is -0.887. The Labute approximate surface area is 274 Å². The van der Waals surface area contributed by atoms with Crippen LogP contribution < -0.4 is 0 Å². The molecule has 0 aliphatic heterocycles. The van der Waals surface area contributed by atoms with E-state index in [1.165, 1.54) is 57.8 Å². The zero-order valence-corrected chi connectivity index (χ0v) is 29.3. The van der Waals surface area contributed by atoms with E-state index in [1.807, 2.05) is 33.3 Å². The second-order valence-electron chi connectivity index (χ2n) is 12.8. The van der Waals surface area contributed by atoms with Crippen LogP contribution in [0.3, 0.4) is 0 Å². The van der Waals surface area contributed by atoms with Crippen molar-refractivity contribution in [3.63, 3.8) is 0 Å². The number of aliphatic carboxylic acids is 1. The molecular formula is C37H66NO7+. The number of carbonyl (C=O) groups excluding carboxylic acids is 2. The number of likely N-dealkylation sites (N-methyl/N-ethyl adjacent to an activating group) is 1. The number of carbonyl (C=O) groups is 3. The van der Waals surface area contributed by atoms with E-state index in [-0.39, 0.29) is 49.1 Å². The third-order valence-electron chi connectivity index (χ3n) is 7.54. The lowest BCUT2D eigenvalue weighted by atomic mass is 10.1. The van der Waals surface area contributed by atoms with Crippen LogP contribution in [0.15, 0.2) is 36.5 Å². The van der Waals surface area contributed by atoms with Gasteiger partial charge in [-0.3, -0.25) is 9.59 Å². The largest absolute Gasteiger partial charge is 0.477 e. The molecule has 0 rings (SSSR count). The molecule has 0 amide bonds. The van der Waals surface area contributed by atoms with Gasteiger partial charge in [-0.25, -0.2) is 4.79 Å². The van der Waals surface area contributed by atoms with Gasteiger partial charge in [0.05, 0.1) is 34.4 Å². The van der Waals surface area contributed by atoms with Crippen LogP contribution in [-0.4, -0.2) is 80.6 Å². The summed E-state index contributed by atoms with van der Waals surface area (Å²) in [5.41, 5.74) is 0. The van der Waals surface area contributed by atoms with Crippen molar-refractivity contribution in [2.24, 2.45) is 0 Å². The van der Waals surface area contributed by atoms with E-state index in [2.05, 4.69) is 38.2 Å². The number of quaternary nitrogens is 1. The first-order valence-corrected chi connectivity index (χ1v) is 17.5. The standard InChI is InChI=1S/C37H65NO7/c1-6-8-10-12-14-16-17-18-19-20-22-23-25-27-35(39)44-32-33(31-43-30-29-34(37(41)42)38(3,4)5)45-36(40)28-26-24-21-15-13-11-9-7-2/h18-19,21-24,33-34H,6-17,20,25-32H2,1-5H3/p+1/b19-18+,23-22+,24-21+. The fourth-order valence-corrected chi connectivity index (χ4v) is 4.75. The molecule has 0 aromatic heterocycles. The Morgan fingerprint density at radius 1 is 0.667 bits per heavy atom. The minimum atomic E-state index is -0.889. The second kappa shape index (κ2) is 29.0. The van der Waals surface area contributed by atoms with E-state index in [4.69, 9.17) is 14.2 Å². The third kappa shape index (κ3) is 27.6. The van der Waals surface area contributed by atoms with Crippen molar-refractivity contribution in [1.82, 2.24) is 0 Å². The van der Waals surface area contributed by atoms with Crippen LogP contribution in [0.1, 0.15) is 129 Å². The average molecular weight is 637 g/mol. The Bertz CT molecular complexity index is 844. The molecule has 8 heteroatoms. The van der Waals surface area contributed by atoms with Gasteiger partial charge >= 0.3 is 17.9 Å². The highest BCUT2D eigenvalue weighted by Crippen LogP contribution is 2.11. The van der Waals surface area contributed by atoms with Gasteiger partial charge in [0.25, 0.3) is 0 Å². The van der Waals surface area contributed by atoms with Crippen molar-refractivity contribution in [2.75, 3.05) is 41.0 Å². The molecule has 0 saturated heterocycles. The number of nitrogens with zero attached hydrogens (tertiary/aromatic N) is 1. The number of unbranched alkanes of at least 4 members (excludes halogenated alkanes) is 10. The van der Waals surface area contributed by atoms with Crippen LogP contribution in [-0.2, 0) is 28.6 Å². The Hall–Kier alpha value is -2.45. The molecule has 0 fully saturated rings. The molecular weight excluding hydrogens is 570 g/mol. The molecule has 0 spiro atoms. The molecule has 1 N–H and O–H groups in total. The number of ether oxygens (including phenoxy) is 3. The fraction of sp³-hybridized carbons (Fsp3) is 0.757. The highest BCUT2D eigenvalue weighted by Gasteiger charge is 2.31. The summed E-state index contributed by atoms with van der Waals surface area (Å²) in [4.78, 5) is 36.5. The van der Waals surface area contributed by atoms with Crippen LogP contribution >= 0.6 is 0 Å². The van der Waals surface area contributed by atoms with Crippen molar-refractivity contribution in [3.8, 4) is 0 Å². The number of hydrogen-bond acceptors (Lipinski definition) is 6. The normalized spacial score (nSPS) is 13.5. The summed E-state index contributed by atoms with van der Waals surface area (Å²) in [6.45, 7) is 4.54. The molecule has 0 aromatic rings. The van der Waals surface area contributed by atoms with Gasteiger partial charge in [-0.1, -0.05) is 102 Å². The van der Waals surface area contributed by atoms with Crippen molar-refractivity contribution in [2.45, 2.75) is 142 Å². The van der Waals surface area contributed by atoms with Gasteiger partial charge in [-0.15, -0.1) is 0 Å². The van der Waals surface area contributed by atoms with E-state index < -0.39 is 18.1 Å². The molecule has 0 aromatic carbocycles. The summed E-state index contributed by atoms with van der Waals surface area (Å²) in [6.07, 6.45) is 29.4. The van der Waals surface area contributed by atoms with E-state index >= 15 is 0 Å².